The Balaban J connectivity index is 0.000000768. The Labute approximate surface area is 353 Å². The second-order valence-electron chi connectivity index (χ2n) is 11.0. The van der Waals surface area contributed by atoms with Gasteiger partial charge in [-0.2, -0.15) is 0 Å². The van der Waals surface area contributed by atoms with Crippen molar-refractivity contribution in [2.75, 3.05) is 52.9 Å². The first-order chi connectivity index (χ1) is 25.2. The van der Waals surface area contributed by atoms with Crippen LogP contribution in [0.5, 0.6) is 0 Å². The monoisotopic (exact) mass is 934 g/mol. The maximum Gasteiger partial charge on any atom is 0.157 e. The van der Waals surface area contributed by atoms with Gasteiger partial charge in [-0.1, -0.05) is 19.6 Å². The normalized spacial score (nSPS) is 22.3. The van der Waals surface area contributed by atoms with Gasteiger partial charge in [0.05, 0.1) is 26.4 Å². The zero-order valence-electron chi connectivity index (χ0n) is 29.2. The Morgan fingerprint density at radius 1 is 0.462 bits per heavy atom. The molecule has 0 aromatic rings. The van der Waals surface area contributed by atoms with Crippen molar-refractivity contribution in [2.45, 2.75) is 135 Å². The molecule has 4 aliphatic heterocycles. The van der Waals surface area contributed by atoms with Crippen LogP contribution in [-0.4, -0.2) is 78.0 Å². The van der Waals surface area contributed by atoms with Gasteiger partial charge in [-0.25, -0.2) is 0 Å². The molecular formula is C33H58O8S11. The first-order valence-corrected chi connectivity index (χ1v) is 29.4. The maximum absolute atomic E-state index is 5.66. The highest BCUT2D eigenvalue weighted by Gasteiger charge is 2.15. The van der Waals surface area contributed by atoms with E-state index in [9.17, 15) is 0 Å². The predicted octanol–water partition coefficient (Wildman–Crippen LogP) is 6.88. The average Bonchev–Trinajstić information content (AvgIpc) is 3.19. The van der Waals surface area contributed by atoms with E-state index in [1.807, 2.05) is 0 Å². The van der Waals surface area contributed by atoms with E-state index in [-0.39, 0.29) is 32.6 Å². The zero-order chi connectivity index (χ0) is 36.7. The minimum absolute atomic E-state index is 0. The summed E-state index contributed by atoms with van der Waals surface area (Å²) in [5.74, 6) is 6.22. The molecule has 8 nitrogen and oxygen atoms in total. The Bertz CT molecular complexity index is 1130. The Hall–Kier alpha value is 1.40. The zero-order valence-corrected chi connectivity index (χ0v) is 38.2. The molecule has 4 rings (SSSR count). The minimum Gasteiger partial charge on any atom is -0.353 e. The fourth-order valence-electron chi connectivity index (χ4n) is 4.83. The van der Waals surface area contributed by atoms with Gasteiger partial charge in [0, 0.05) is 146 Å². The summed E-state index contributed by atoms with van der Waals surface area (Å²) in [6.45, 7) is 6.16. The van der Waals surface area contributed by atoms with Gasteiger partial charge in [-0.15, -0.1) is 11.8 Å². The lowest BCUT2D eigenvalue weighted by molar-refractivity contribution is -0.162. The maximum atomic E-state index is 5.66. The van der Waals surface area contributed by atoms with Gasteiger partial charge in [-0.05, 0) is 89.9 Å². The van der Waals surface area contributed by atoms with Gasteiger partial charge in [0.25, 0.3) is 0 Å². The Kier molecular flexibility index (Phi) is 44.7. The van der Waals surface area contributed by atoms with Gasteiger partial charge in [0.15, 0.2) is 25.2 Å². The summed E-state index contributed by atoms with van der Waals surface area (Å²) in [6, 6.07) is 0. The number of hydrogen-bond donors (Lipinski definition) is 0. The predicted molar refractivity (Wildman–Crippen MR) is 241 cm³/mol. The van der Waals surface area contributed by atoms with Crippen molar-refractivity contribution >= 4 is 107 Å². The molecule has 4 heterocycles. The molecule has 4 fully saturated rings. The average molecular weight is 936 g/mol. The summed E-state index contributed by atoms with van der Waals surface area (Å²) >= 11 is 17.9. The van der Waals surface area contributed by atoms with Crippen LogP contribution in [0.25, 0.3) is 0 Å². The van der Waals surface area contributed by atoms with Crippen LogP contribution >= 0.6 is 0 Å². The van der Waals surface area contributed by atoms with Crippen molar-refractivity contribution in [1.82, 2.24) is 0 Å². The van der Waals surface area contributed by atoms with Crippen LogP contribution in [0.1, 0.15) is 110 Å². The van der Waals surface area contributed by atoms with Crippen molar-refractivity contribution in [3.8, 4) is 11.8 Å². The number of ether oxygens (including phenoxy) is 8. The topological polar surface area (TPSA) is 73.8 Å². The lowest BCUT2D eigenvalue weighted by Crippen LogP contribution is -2.22. The first-order valence-electron chi connectivity index (χ1n) is 17.4. The first kappa shape index (κ1) is 53.4. The van der Waals surface area contributed by atoms with Crippen molar-refractivity contribution in [3.63, 3.8) is 0 Å². The fourth-order valence-corrected chi connectivity index (χ4v) is 13.1. The summed E-state index contributed by atoms with van der Waals surface area (Å²) < 4.78 is 44.5. The summed E-state index contributed by atoms with van der Waals surface area (Å²) in [5.41, 5.74) is 0. The molecule has 0 N–H and O–H groups in total. The van der Waals surface area contributed by atoms with Crippen molar-refractivity contribution in [3.05, 3.63) is 12.2 Å². The van der Waals surface area contributed by atoms with Crippen molar-refractivity contribution in [2.24, 2.45) is 0 Å². The molecule has 4 unspecified atom stereocenters. The summed E-state index contributed by atoms with van der Waals surface area (Å²) in [6.07, 6.45) is 21.4. The molecule has 0 amide bonds. The van der Waals surface area contributed by atoms with Crippen molar-refractivity contribution < 1.29 is 37.9 Å². The van der Waals surface area contributed by atoms with E-state index in [0.29, 0.717) is 13.2 Å². The summed E-state index contributed by atoms with van der Waals surface area (Å²) in [4.78, 5) is 0. The van der Waals surface area contributed by atoms with Crippen LogP contribution in [0.15, 0.2) is 12.2 Å². The van der Waals surface area contributed by atoms with E-state index >= 15 is 0 Å². The largest absolute Gasteiger partial charge is 0.353 e. The molecule has 0 saturated carbocycles. The van der Waals surface area contributed by atoms with Crippen molar-refractivity contribution in [1.29, 1.82) is 0 Å². The van der Waals surface area contributed by atoms with Crippen LogP contribution < -0.4 is 0 Å². The van der Waals surface area contributed by atoms with Crippen LogP contribution in [0.3, 0.4) is 0 Å². The van der Waals surface area contributed by atoms with E-state index in [2.05, 4.69) is 68.7 Å². The van der Waals surface area contributed by atoms with Gasteiger partial charge in [0.2, 0.25) is 0 Å². The summed E-state index contributed by atoms with van der Waals surface area (Å²) in [5, 5.41) is 0. The molecule has 4 saturated heterocycles. The van der Waals surface area contributed by atoms with E-state index < -0.39 is 0 Å². The molecule has 4 aliphatic rings. The third kappa shape index (κ3) is 35.8. The van der Waals surface area contributed by atoms with Gasteiger partial charge in [0.1, 0.15) is 0 Å². The fraction of sp³-hybridized carbons (Fsp3) is 0.879. The number of hydrogen-bond acceptors (Lipinski definition) is 12. The third-order valence-electron chi connectivity index (χ3n) is 7.22. The highest BCUT2D eigenvalue weighted by molar-refractivity contribution is 8.64. The Morgan fingerprint density at radius 2 is 0.769 bits per heavy atom. The van der Waals surface area contributed by atoms with Crippen LogP contribution in [0.2, 0.25) is 0 Å². The molecule has 304 valence electrons. The highest BCUT2D eigenvalue weighted by Crippen LogP contribution is 2.16. The lowest BCUT2D eigenvalue weighted by atomic mass is 10.2. The molecule has 0 aromatic carbocycles. The highest BCUT2D eigenvalue weighted by atomic mass is 33.3. The number of rotatable bonds is 14. The summed E-state index contributed by atoms with van der Waals surface area (Å²) in [7, 11) is 9.58. The molecule has 0 bridgehead atoms. The minimum atomic E-state index is -0.00247. The molecule has 0 aromatic heterocycles. The van der Waals surface area contributed by atoms with Gasteiger partial charge < -0.3 is 37.9 Å². The second-order valence-corrected chi connectivity index (χ2v) is 23.4. The SMILES string of the molecule is C.C(#CCCOC1CCCCO1)CCOC1CCCCO1.C(=C/CCOC1CCCCO1)/CCOC1CCCCO1.S=S=S=S=S.S=S=S=S=S=S. The molecule has 0 spiro atoms. The van der Waals surface area contributed by atoms with Crippen LogP contribution in [0.4, 0.5) is 0 Å². The quantitative estimate of drug-likeness (QED) is 0.104. The van der Waals surface area contributed by atoms with E-state index in [1.54, 1.807) is 0 Å². The third-order valence-corrected chi connectivity index (χ3v) is 18.3. The standard InChI is InChI=1S/C16H28O4.C16H26O4.CH4.S6.S5/c2*1(5-11-17-15-9-3-7-13-19-15)2-6-12-18-16-10-4-8-14-20-16;;1-3-5-6-4-2;1-3-5-4-2/h1-2,15-16H,3-14H2;15-16H,3-14H2;1H4;;/b2-1-;;;;. The molecule has 0 radical (unpaired) electrons. The molecule has 52 heavy (non-hydrogen) atoms. The molecular weight excluding hydrogens is 877 g/mol. The van der Waals surface area contributed by atoms with E-state index in [4.69, 9.17) is 37.9 Å². The van der Waals surface area contributed by atoms with Crippen LogP contribution in [0, 0.1) is 11.8 Å². The van der Waals surface area contributed by atoms with Gasteiger partial charge >= 0.3 is 0 Å². The molecule has 19 heteroatoms. The van der Waals surface area contributed by atoms with E-state index in [0.717, 1.165) is 104 Å². The smallest absolute Gasteiger partial charge is 0.157 e. The molecule has 4 atom stereocenters. The van der Waals surface area contributed by atoms with Gasteiger partial charge in [-0.3, -0.25) is 0 Å². The van der Waals surface area contributed by atoms with Crippen LogP contribution in [-0.2, 0) is 145 Å². The Morgan fingerprint density at radius 3 is 1.02 bits per heavy atom. The second kappa shape index (κ2) is 43.5. The van der Waals surface area contributed by atoms with E-state index in [1.165, 1.54) is 101 Å². The lowest BCUT2D eigenvalue weighted by Gasteiger charge is -2.22. The molecule has 0 aliphatic carbocycles.